The van der Waals surface area contributed by atoms with E-state index in [0.29, 0.717) is 0 Å². The number of aliphatic carboxylic acids is 1. The maximum atomic E-state index is 12.5. The number of nitrogens with one attached hydrogen (secondary N) is 2. The Bertz CT molecular complexity index is 610. The summed E-state index contributed by atoms with van der Waals surface area (Å²) in [4.78, 5) is 34.9. The van der Waals surface area contributed by atoms with Gasteiger partial charge in [0.2, 0.25) is 11.8 Å². The monoisotopic (exact) mass is 349 g/mol. The van der Waals surface area contributed by atoms with Crippen LogP contribution in [0.15, 0.2) is 30.3 Å². The molecule has 0 aliphatic carbocycles. The van der Waals surface area contributed by atoms with Gasteiger partial charge in [-0.3, -0.25) is 14.4 Å². The standard InChI is InChI=1S/C18H27N3O4/c1-11(20-17(25)13(19)10-14(22)23)16(24)21-15(18(2,3)4)12-8-6-5-7-9-12/h5-9,11,13,15H,10,19H2,1-4H3,(H,20,25)(H,21,24)(H,22,23)/t11-,13+,15?/m1/s1. The van der Waals surface area contributed by atoms with Crippen LogP contribution in [0.4, 0.5) is 0 Å². The molecule has 7 nitrogen and oxygen atoms in total. The second kappa shape index (κ2) is 8.62. The van der Waals surface area contributed by atoms with E-state index >= 15 is 0 Å². The molecule has 1 aromatic carbocycles. The highest BCUT2D eigenvalue weighted by atomic mass is 16.4. The molecule has 7 heteroatoms. The summed E-state index contributed by atoms with van der Waals surface area (Å²) >= 11 is 0. The first-order valence-electron chi connectivity index (χ1n) is 8.15. The summed E-state index contributed by atoms with van der Waals surface area (Å²) in [5.41, 5.74) is 6.23. The average molecular weight is 349 g/mol. The van der Waals surface area contributed by atoms with Crippen LogP contribution in [0.1, 0.15) is 45.7 Å². The molecule has 0 saturated heterocycles. The molecule has 138 valence electrons. The molecule has 1 rings (SSSR count). The minimum Gasteiger partial charge on any atom is -0.481 e. The Morgan fingerprint density at radius 2 is 1.64 bits per heavy atom. The molecule has 1 unspecified atom stereocenters. The van der Waals surface area contributed by atoms with E-state index < -0.39 is 30.4 Å². The van der Waals surface area contributed by atoms with Crippen molar-refractivity contribution in [3.8, 4) is 0 Å². The van der Waals surface area contributed by atoms with E-state index in [4.69, 9.17) is 10.8 Å². The van der Waals surface area contributed by atoms with Gasteiger partial charge in [-0.05, 0) is 17.9 Å². The zero-order valence-electron chi connectivity index (χ0n) is 15.1. The van der Waals surface area contributed by atoms with Crippen molar-refractivity contribution >= 4 is 17.8 Å². The van der Waals surface area contributed by atoms with Crippen molar-refractivity contribution < 1.29 is 19.5 Å². The van der Waals surface area contributed by atoms with Gasteiger partial charge in [-0.2, -0.15) is 0 Å². The van der Waals surface area contributed by atoms with Crippen LogP contribution in [0.3, 0.4) is 0 Å². The molecule has 1 aromatic rings. The minimum atomic E-state index is -1.19. The summed E-state index contributed by atoms with van der Waals surface area (Å²) in [6.07, 6.45) is -0.491. The average Bonchev–Trinajstić information content (AvgIpc) is 2.51. The highest BCUT2D eigenvalue weighted by Gasteiger charge is 2.30. The summed E-state index contributed by atoms with van der Waals surface area (Å²) in [6, 6.07) is 7.30. The molecule has 0 heterocycles. The van der Waals surface area contributed by atoms with E-state index in [1.165, 1.54) is 6.92 Å². The van der Waals surface area contributed by atoms with Crippen LogP contribution in [0.5, 0.6) is 0 Å². The van der Waals surface area contributed by atoms with Crippen molar-refractivity contribution in [3.05, 3.63) is 35.9 Å². The fourth-order valence-corrected chi connectivity index (χ4v) is 2.38. The molecule has 0 saturated carbocycles. The SMILES string of the molecule is C[C@@H](NC(=O)[C@@H](N)CC(=O)O)C(=O)NC(c1ccccc1)C(C)(C)C. The maximum absolute atomic E-state index is 12.5. The van der Waals surface area contributed by atoms with E-state index in [0.717, 1.165) is 5.56 Å². The van der Waals surface area contributed by atoms with Crippen molar-refractivity contribution in [2.45, 2.75) is 52.2 Å². The van der Waals surface area contributed by atoms with Crippen molar-refractivity contribution in [3.63, 3.8) is 0 Å². The first-order chi connectivity index (χ1) is 11.5. The van der Waals surface area contributed by atoms with Gasteiger partial charge in [0.15, 0.2) is 0 Å². The zero-order valence-corrected chi connectivity index (χ0v) is 15.1. The van der Waals surface area contributed by atoms with Crippen molar-refractivity contribution in [1.29, 1.82) is 0 Å². The molecule has 0 radical (unpaired) electrons. The van der Waals surface area contributed by atoms with Gasteiger partial charge in [0.1, 0.15) is 6.04 Å². The number of carbonyl (C=O) groups excluding carboxylic acids is 2. The lowest BCUT2D eigenvalue weighted by molar-refractivity contribution is -0.139. The molecule has 2 amide bonds. The van der Waals surface area contributed by atoms with E-state index in [1.807, 2.05) is 51.1 Å². The van der Waals surface area contributed by atoms with E-state index in [1.54, 1.807) is 0 Å². The number of carboxylic acids is 1. The van der Waals surface area contributed by atoms with Gasteiger partial charge < -0.3 is 21.5 Å². The highest BCUT2D eigenvalue weighted by molar-refractivity contribution is 5.91. The van der Waals surface area contributed by atoms with Crippen LogP contribution in [-0.4, -0.2) is 35.0 Å². The Morgan fingerprint density at radius 3 is 2.12 bits per heavy atom. The number of hydrogen-bond donors (Lipinski definition) is 4. The Labute approximate surface area is 148 Å². The summed E-state index contributed by atoms with van der Waals surface area (Å²) in [6.45, 7) is 7.57. The summed E-state index contributed by atoms with van der Waals surface area (Å²) in [5, 5.41) is 14.1. The van der Waals surface area contributed by atoms with Gasteiger partial charge in [0.25, 0.3) is 0 Å². The number of hydrogen-bond acceptors (Lipinski definition) is 4. The first kappa shape index (κ1) is 20.6. The fraction of sp³-hybridized carbons (Fsp3) is 0.500. The topological polar surface area (TPSA) is 122 Å². The lowest BCUT2D eigenvalue weighted by Crippen LogP contribution is -2.52. The van der Waals surface area contributed by atoms with Gasteiger partial charge in [-0.15, -0.1) is 0 Å². The Morgan fingerprint density at radius 1 is 1.08 bits per heavy atom. The third-order valence-corrected chi connectivity index (χ3v) is 3.77. The van der Waals surface area contributed by atoms with Crippen molar-refractivity contribution in [1.82, 2.24) is 10.6 Å². The largest absolute Gasteiger partial charge is 0.481 e. The van der Waals surface area contributed by atoms with Crippen LogP contribution in [0.25, 0.3) is 0 Å². The van der Waals surface area contributed by atoms with E-state index in [-0.39, 0.29) is 17.4 Å². The predicted octanol–water partition coefficient (Wildman–Crippen LogP) is 1.20. The molecule has 0 aliphatic rings. The third-order valence-electron chi connectivity index (χ3n) is 3.77. The maximum Gasteiger partial charge on any atom is 0.305 e. The molecule has 5 N–H and O–H groups in total. The molecule has 0 bridgehead atoms. The quantitative estimate of drug-likeness (QED) is 0.589. The molecule has 0 fully saturated rings. The van der Waals surface area contributed by atoms with E-state index in [9.17, 15) is 14.4 Å². The molecular weight excluding hydrogens is 322 g/mol. The third kappa shape index (κ3) is 6.54. The number of rotatable bonds is 7. The molecule has 3 atom stereocenters. The van der Waals surface area contributed by atoms with Gasteiger partial charge in [0, 0.05) is 0 Å². The predicted molar refractivity (Wildman–Crippen MR) is 94.6 cm³/mol. The van der Waals surface area contributed by atoms with Gasteiger partial charge in [-0.25, -0.2) is 0 Å². The summed E-state index contributed by atoms with van der Waals surface area (Å²) in [5.74, 6) is -2.20. The second-order valence-corrected chi connectivity index (χ2v) is 7.15. The van der Waals surface area contributed by atoms with Crippen molar-refractivity contribution in [2.24, 2.45) is 11.1 Å². The molecule has 0 aliphatic heterocycles. The Kier molecular flexibility index (Phi) is 7.11. The summed E-state index contributed by atoms with van der Waals surface area (Å²) in [7, 11) is 0. The second-order valence-electron chi connectivity index (χ2n) is 7.15. The van der Waals surface area contributed by atoms with E-state index in [2.05, 4.69) is 10.6 Å². The van der Waals surface area contributed by atoms with Crippen LogP contribution in [0, 0.1) is 5.41 Å². The number of amides is 2. The lowest BCUT2D eigenvalue weighted by Gasteiger charge is -2.33. The first-order valence-corrected chi connectivity index (χ1v) is 8.15. The van der Waals surface area contributed by atoms with Gasteiger partial charge >= 0.3 is 5.97 Å². The molecule has 0 aromatic heterocycles. The van der Waals surface area contributed by atoms with Crippen LogP contribution in [-0.2, 0) is 14.4 Å². The van der Waals surface area contributed by atoms with Crippen LogP contribution < -0.4 is 16.4 Å². The number of carboxylic acid groups (broad SMARTS) is 1. The van der Waals surface area contributed by atoms with Crippen LogP contribution in [0.2, 0.25) is 0 Å². The Hall–Kier alpha value is -2.41. The fourth-order valence-electron chi connectivity index (χ4n) is 2.38. The number of nitrogens with two attached hydrogens (primary N) is 1. The lowest BCUT2D eigenvalue weighted by atomic mass is 9.82. The summed E-state index contributed by atoms with van der Waals surface area (Å²) < 4.78 is 0. The molecule has 25 heavy (non-hydrogen) atoms. The normalized spacial score (nSPS) is 14.9. The minimum absolute atomic E-state index is 0.236. The number of carbonyl (C=O) groups is 3. The van der Waals surface area contributed by atoms with Crippen LogP contribution >= 0.6 is 0 Å². The molecular formula is C18H27N3O4. The van der Waals surface area contributed by atoms with Gasteiger partial charge in [-0.1, -0.05) is 51.1 Å². The zero-order chi connectivity index (χ0) is 19.2. The smallest absolute Gasteiger partial charge is 0.305 e. The van der Waals surface area contributed by atoms with Crippen molar-refractivity contribution in [2.75, 3.05) is 0 Å². The number of benzene rings is 1. The molecule has 0 spiro atoms. The Balaban J connectivity index is 2.77. The van der Waals surface area contributed by atoms with Gasteiger partial charge in [0.05, 0.1) is 18.5 Å². The highest BCUT2D eigenvalue weighted by Crippen LogP contribution is 2.32.